The molecule has 1 atom stereocenters. The SMILES string of the molecule is N#CC(c1ccc(F)cc1)N1CCN(C(=O)COc2ccc(F)cc2)CC1. The zero-order valence-corrected chi connectivity index (χ0v) is 14.6. The van der Waals surface area contributed by atoms with Crippen LogP contribution < -0.4 is 4.74 Å². The van der Waals surface area contributed by atoms with Crippen LogP contribution in [0.1, 0.15) is 11.6 Å². The maximum atomic E-state index is 13.1. The van der Waals surface area contributed by atoms with Gasteiger partial charge in [-0.15, -0.1) is 0 Å². The molecule has 2 aromatic rings. The number of nitriles is 1. The zero-order chi connectivity index (χ0) is 19.2. The molecule has 0 radical (unpaired) electrons. The number of halogens is 2. The van der Waals surface area contributed by atoms with Gasteiger partial charge in [-0.3, -0.25) is 9.69 Å². The summed E-state index contributed by atoms with van der Waals surface area (Å²) < 4.78 is 31.3. The monoisotopic (exact) mass is 371 g/mol. The van der Waals surface area contributed by atoms with E-state index in [2.05, 4.69) is 6.07 Å². The Balaban J connectivity index is 1.51. The van der Waals surface area contributed by atoms with E-state index in [4.69, 9.17) is 4.74 Å². The van der Waals surface area contributed by atoms with Crippen molar-refractivity contribution in [2.45, 2.75) is 6.04 Å². The summed E-state index contributed by atoms with van der Waals surface area (Å²) >= 11 is 0. The van der Waals surface area contributed by atoms with Gasteiger partial charge in [0.1, 0.15) is 23.4 Å². The summed E-state index contributed by atoms with van der Waals surface area (Å²) in [5, 5.41) is 9.49. The number of hydrogen-bond donors (Lipinski definition) is 0. The minimum Gasteiger partial charge on any atom is -0.484 e. The summed E-state index contributed by atoms with van der Waals surface area (Å²) in [5.41, 5.74) is 0.735. The van der Waals surface area contributed by atoms with Crippen LogP contribution >= 0.6 is 0 Å². The maximum absolute atomic E-state index is 13.1. The molecular formula is C20H19F2N3O2. The van der Waals surface area contributed by atoms with Crippen LogP contribution in [0, 0.1) is 23.0 Å². The summed E-state index contributed by atoms with van der Waals surface area (Å²) in [7, 11) is 0. The number of nitrogens with zero attached hydrogens (tertiary/aromatic N) is 3. The number of amides is 1. The van der Waals surface area contributed by atoms with E-state index in [1.807, 2.05) is 4.90 Å². The lowest BCUT2D eigenvalue weighted by Crippen LogP contribution is -2.50. The van der Waals surface area contributed by atoms with Gasteiger partial charge in [0.15, 0.2) is 6.61 Å². The normalized spacial score (nSPS) is 15.8. The highest BCUT2D eigenvalue weighted by molar-refractivity contribution is 5.77. The average Bonchev–Trinajstić information content (AvgIpc) is 2.70. The Morgan fingerprint density at radius 2 is 1.56 bits per heavy atom. The van der Waals surface area contributed by atoms with Crippen molar-refractivity contribution in [1.82, 2.24) is 9.80 Å². The maximum Gasteiger partial charge on any atom is 0.260 e. The van der Waals surface area contributed by atoms with E-state index in [-0.39, 0.29) is 24.1 Å². The lowest BCUT2D eigenvalue weighted by Gasteiger charge is -2.37. The lowest BCUT2D eigenvalue weighted by molar-refractivity contribution is -0.135. The van der Waals surface area contributed by atoms with Gasteiger partial charge in [-0.25, -0.2) is 8.78 Å². The summed E-state index contributed by atoms with van der Waals surface area (Å²) in [6, 6.07) is 13.2. The first-order valence-electron chi connectivity index (χ1n) is 8.62. The Morgan fingerprint density at radius 3 is 2.11 bits per heavy atom. The van der Waals surface area contributed by atoms with E-state index in [0.29, 0.717) is 31.9 Å². The molecule has 0 bridgehead atoms. The van der Waals surface area contributed by atoms with Crippen LogP contribution in [0.3, 0.4) is 0 Å². The largest absolute Gasteiger partial charge is 0.484 e. The Kier molecular flexibility index (Phi) is 5.99. The third-order valence-corrected chi connectivity index (χ3v) is 4.52. The first-order valence-corrected chi connectivity index (χ1v) is 8.62. The zero-order valence-electron chi connectivity index (χ0n) is 14.6. The number of piperazine rings is 1. The summed E-state index contributed by atoms with van der Waals surface area (Å²) in [6.45, 7) is 1.91. The summed E-state index contributed by atoms with van der Waals surface area (Å²) in [6.07, 6.45) is 0. The number of carbonyl (C=O) groups is 1. The molecule has 1 aliphatic heterocycles. The topological polar surface area (TPSA) is 56.6 Å². The lowest BCUT2D eigenvalue weighted by atomic mass is 10.1. The second kappa shape index (κ2) is 8.60. The Bertz CT molecular complexity index is 811. The van der Waals surface area contributed by atoms with Crippen LogP contribution in [0.25, 0.3) is 0 Å². The van der Waals surface area contributed by atoms with Crippen molar-refractivity contribution in [3.05, 3.63) is 65.7 Å². The van der Waals surface area contributed by atoms with Crippen molar-refractivity contribution in [2.75, 3.05) is 32.8 Å². The predicted octanol–water partition coefficient (Wildman–Crippen LogP) is 2.75. The van der Waals surface area contributed by atoms with E-state index in [1.54, 1.807) is 17.0 Å². The van der Waals surface area contributed by atoms with Gasteiger partial charge in [0, 0.05) is 26.2 Å². The Hall–Kier alpha value is -2.98. The smallest absolute Gasteiger partial charge is 0.260 e. The van der Waals surface area contributed by atoms with Crippen molar-refractivity contribution in [1.29, 1.82) is 5.26 Å². The molecule has 0 N–H and O–H groups in total. The van der Waals surface area contributed by atoms with Crippen molar-refractivity contribution in [3.8, 4) is 11.8 Å². The molecule has 1 fully saturated rings. The van der Waals surface area contributed by atoms with E-state index >= 15 is 0 Å². The molecule has 0 saturated carbocycles. The van der Waals surface area contributed by atoms with Gasteiger partial charge in [-0.2, -0.15) is 5.26 Å². The van der Waals surface area contributed by atoms with Crippen molar-refractivity contribution in [2.24, 2.45) is 0 Å². The average molecular weight is 371 g/mol. The van der Waals surface area contributed by atoms with Crippen LogP contribution in [0.15, 0.2) is 48.5 Å². The quantitative estimate of drug-likeness (QED) is 0.811. The van der Waals surface area contributed by atoms with Crippen LogP contribution in [0.5, 0.6) is 5.75 Å². The van der Waals surface area contributed by atoms with Crippen LogP contribution in [0.2, 0.25) is 0 Å². The molecule has 0 aliphatic carbocycles. The molecule has 1 amide bonds. The van der Waals surface area contributed by atoms with Crippen LogP contribution in [-0.2, 0) is 4.79 Å². The molecule has 1 aliphatic rings. The number of ether oxygens (including phenoxy) is 1. The summed E-state index contributed by atoms with van der Waals surface area (Å²) in [5.74, 6) is -0.427. The molecule has 3 rings (SSSR count). The van der Waals surface area contributed by atoms with Gasteiger partial charge in [-0.1, -0.05) is 12.1 Å². The second-order valence-electron chi connectivity index (χ2n) is 6.24. The highest BCUT2D eigenvalue weighted by atomic mass is 19.1. The van der Waals surface area contributed by atoms with E-state index < -0.39 is 6.04 Å². The first-order chi connectivity index (χ1) is 13.1. The molecule has 1 unspecified atom stereocenters. The van der Waals surface area contributed by atoms with Gasteiger partial charge >= 0.3 is 0 Å². The number of carbonyl (C=O) groups excluding carboxylic acids is 1. The summed E-state index contributed by atoms with van der Waals surface area (Å²) in [4.78, 5) is 15.9. The fourth-order valence-electron chi connectivity index (χ4n) is 3.01. The van der Waals surface area contributed by atoms with Gasteiger partial charge < -0.3 is 9.64 Å². The molecule has 0 aromatic heterocycles. The molecule has 27 heavy (non-hydrogen) atoms. The molecule has 7 heteroatoms. The molecule has 1 saturated heterocycles. The fraction of sp³-hybridized carbons (Fsp3) is 0.300. The molecule has 140 valence electrons. The van der Waals surface area contributed by atoms with Crippen molar-refractivity contribution >= 4 is 5.91 Å². The third-order valence-electron chi connectivity index (χ3n) is 4.52. The van der Waals surface area contributed by atoms with Crippen molar-refractivity contribution < 1.29 is 18.3 Å². The second-order valence-corrected chi connectivity index (χ2v) is 6.24. The molecule has 2 aromatic carbocycles. The van der Waals surface area contributed by atoms with Gasteiger partial charge in [-0.05, 0) is 42.0 Å². The van der Waals surface area contributed by atoms with E-state index in [9.17, 15) is 18.8 Å². The highest BCUT2D eigenvalue weighted by Crippen LogP contribution is 2.22. The van der Waals surface area contributed by atoms with E-state index in [1.165, 1.54) is 36.4 Å². The molecule has 0 spiro atoms. The Labute approximate surface area is 156 Å². The Morgan fingerprint density at radius 1 is 1.00 bits per heavy atom. The minimum absolute atomic E-state index is 0.120. The first kappa shape index (κ1) is 18.8. The fourth-order valence-corrected chi connectivity index (χ4v) is 3.01. The van der Waals surface area contributed by atoms with Crippen LogP contribution in [-0.4, -0.2) is 48.5 Å². The van der Waals surface area contributed by atoms with Crippen LogP contribution in [0.4, 0.5) is 8.78 Å². The molecular weight excluding hydrogens is 352 g/mol. The molecule has 5 nitrogen and oxygen atoms in total. The van der Waals surface area contributed by atoms with Gasteiger partial charge in [0.2, 0.25) is 0 Å². The standard InChI is InChI=1S/C20H19F2N3O2/c21-16-3-1-15(2-4-16)19(13-23)24-9-11-25(12-10-24)20(26)14-27-18-7-5-17(22)6-8-18/h1-8,19H,9-12,14H2. The van der Waals surface area contributed by atoms with Crippen molar-refractivity contribution in [3.63, 3.8) is 0 Å². The van der Waals surface area contributed by atoms with Gasteiger partial charge in [0.25, 0.3) is 5.91 Å². The van der Waals surface area contributed by atoms with E-state index in [0.717, 1.165) is 5.56 Å². The number of rotatable bonds is 5. The number of hydrogen-bond acceptors (Lipinski definition) is 4. The number of benzene rings is 2. The minimum atomic E-state index is -0.474. The van der Waals surface area contributed by atoms with Gasteiger partial charge in [0.05, 0.1) is 6.07 Å². The highest BCUT2D eigenvalue weighted by Gasteiger charge is 2.27. The third kappa shape index (κ3) is 4.80. The predicted molar refractivity (Wildman–Crippen MR) is 94.8 cm³/mol. The molecule has 1 heterocycles.